The van der Waals surface area contributed by atoms with Crippen LogP contribution in [0.5, 0.6) is 5.75 Å². The molecule has 1 aromatic carbocycles. The van der Waals surface area contributed by atoms with Crippen molar-refractivity contribution in [3.63, 3.8) is 0 Å². The Hall–Kier alpha value is -2.77. The summed E-state index contributed by atoms with van der Waals surface area (Å²) in [5.74, 6) is 0.0486. The van der Waals surface area contributed by atoms with Crippen molar-refractivity contribution in [1.29, 1.82) is 0 Å². The molecule has 8 heteroatoms. The molecule has 2 atom stereocenters. The second-order valence-electron chi connectivity index (χ2n) is 6.91. The van der Waals surface area contributed by atoms with E-state index < -0.39 is 12.0 Å². The van der Waals surface area contributed by atoms with E-state index in [1.807, 2.05) is 29.2 Å². The van der Waals surface area contributed by atoms with Gasteiger partial charge in [0.05, 0.1) is 25.7 Å². The van der Waals surface area contributed by atoms with E-state index in [-0.39, 0.29) is 37.4 Å². The first-order valence-electron chi connectivity index (χ1n) is 10.1. The molecule has 2 rings (SSSR count). The van der Waals surface area contributed by atoms with Crippen LogP contribution < -0.4 is 15.4 Å². The molecule has 0 aliphatic carbocycles. The fourth-order valence-corrected chi connectivity index (χ4v) is 3.49. The second-order valence-corrected chi connectivity index (χ2v) is 6.91. The van der Waals surface area contributed by atoms with Crippen LogP contribution in [0, 0.1) is 5.92 Å². The first kappa shape index (κ1) is 22.5. The molecule has 0 aromatic heterocycles. The first-order valence-corrected chi connectivity index (χ1v) is 10.1. The summed E-state index contributed by atoms with van der Waals surface area (Å²) >= 11 is 0. The molecular formula is C21H31N3O5. The third-order valence-electron chi connectivity index (χ3n) is 4.95. The number of ether oxygens (including phenoxy) is 2. The highest BCUT2D eigenvalue weighted by atomic mass is 16.5. The zero-order valence-electron chi connectivity index (χ0n) is 17.4. The van der Waals surface area contributed by atoms with Gasteiger partial charge in [-0.25, -0.2) is 4.79 Å². The van der Waals surface area contributed by atoms with Gasteiger partial charge in [0, 0.05) is 26.1 Å². The smallest absolute Gasteiger partial charge is 0.407 e. The minimum Gasteiger partial charge on any atom is -0.497 e. The molecule has 0 saturated carbocycles. The van der Waals surface area contributed by atoms with Gasteiger partial charge in [-0.2, -0.15) is 0 Å². The van der Waals surface area contributed by atoms with Crippen LogP contribution in [0.3, 0.4) is 0 Å². The number of hydrogen-bond acceptors (Lipinski definition) is 5. The Kier molecular flexibility index (Phi) is 8.76. The van der Waals surface area contributed by atoms with Crippen LogP contribution in [-0.2, 0) is 14.3 Å². The van der Waals surface area contributed by atoms with Crippen molar-refractivity contribution in [2.75, 3.05) is 33.4 Å². The Labute approximate surface area is 171 Å². The standard InChI is InChI=1S/C21H31N3O5/c1-4-6-13-24-18(25)14-17(19(24)15-7-9-16(28-3)10-8-15)20(26)22-11-12-23-21(27)29-5-2/h7-10,17,19H,4-6,11-14H2,1-3H3,(H,22,26)(H,23,27). The monoisotopic (exact) mass is 405 g/mol. The molecule has 1 aliphatic rings. The van der Waals surface area contributed by atoms with Crippen LogP contribution in [0.2, 0.25) is 0 Å². The number of benzene rings is 1. The van der Waals surface area contributed by atoms with Crippen molar-refractivity contribution >= 4 is 17.9 Å². The molecule has 1 aromatic rings. The van der Waals surface area contributed by atoms with Gasteiger partial charge in [0.2, 0.25) is 11.8 Å². The lowest BCUT2D eigenvalue weighted by molar-refractivity contribution is -0.129. The number of nitrogens with zero attached hydrogens (tertiary/aromatic N) is 1. The molecule has 1 saturated heterocycles. The maximum Gasteiger partial charge on any atom is 0.407 e. The molecule has 29 heavy (non-hydrogen) atoms. The van der Waals surface area contributed by atoms with E-state index in [0.29, 0.717) is 13.2 Å². The Morgan fingerprint density at radius 2 is 1.83 bits per heavy atom. The van der Waals surface area contributed by atoms with Crippen LogP contribution in [0.25, 0.3) is 0 Å². The number of alkyl carbamates (subject to hydrolysis) is 1. The summed E-state index contributed by atoms with van der Waals surface area (Å²) in [6, 6.07) is 7.19. The van der Waals surface area contributed by atoms with Gasteiger partial charge in [-0.05, 0) is 31.0 Å². The highest BCUT2D eigenvalue weighted by Crippen LogP contribution is 2.39. The molecular weight excluding hydrogens is 374 g/mol. The van der Waals surface area contributed by atoms with E-state index in [0.717, 1.165) is 24.2 Å². The van der Waals surface area contributed by atoms with Crippen LogP contribution in [0.4, 0.5) is 4.79 Å². The first-order chi connectivity index (χ1) is 14.0. The van der Waals surface area contributed by atoms with Crippen molar-refractivity contribution in [3.05, 3.63) is 29.8 Å². The number of carbonyl (C=O) groups excluding carboxylic acids is 3. The van der Waals surface area contributed by atoms with Gasteiger partial charge in [0.25, 0.3) is 0 Å². The minimum absolute atomic E-state index is 0.0101. The highest BCUT2D eigenvalue weighted by molar-refractivity contribution is 5.90. The number of methoxy groups -OCH3 is 1. The Morgan fingerprint density at radius 1 is 1.14 bits per heavy atom. The number of hydrogen-bond donors (Lipinski definition) is 2. The Bertz CT molecular complexity index is 692. The normalized spacial score (nSPS) is 18.4. The van der Waals surface area contributed by atoms with Crippen molar-refractivity contribution < 1.29 is 23.9 Å². The van der Waals surface area contributed by atoms with Gasteiger partial charge in [-0.15, -0.1) is 0 Å². The molecule has 1 aliphatic heterocycles. The molecule has 2 unspecified atom stereocenters. The largest absolute Gasteiger partial charge is 0.497 e. The van der Waals surface area contributed by atoms with Gasteiger partial charge < -0.3 is 25.0 Å². The van der Waals surface area contributed by atoms with E-state index in [9.17, 15) is 14.4 Å². The predicted octanol–water partition coefficient (Wildman–Crippen LogP) is 2.25. The van der Waals surface area contributed by atoms with E-state index in [1.54, 1.807) is 14.0 Å². The quantitative estimate of drug-likeness (QED) is 0.582. The van der Waals surface area contributed by atoms with Crippen LogP contribution in [0.15, 0.2) is 24.3 Å². The lowest BCUT2D eigenvalue weighted by Gasteiger charge is -2.28. The van der Waals surface area contributed by atoms with Gasteiger partial charge in [0.1, 0.15) is 5.75 Å². The summed E-state index contributed by atoms with van der Waals surface area (Å²) in [7, 11) is 1.60. The predicted molar refractivity (Wildman–Crippen MR) is 108 cm³/mol. The lowest BCUT2D eigenvalue weighted by Crippen LogP contribution is -2.39. The van der Waals surface area contributed by atoms with Crippen LogP contribution in [0.1, 0.15) is 44.7 Å². The summed E-state index contributed by atoms with van der Waals surface area (Å²) in [5.41, 5.74) is 0.914. The van der Waals surface area contributed by atoms with Gasteiger partial charge in [-0.1, -0.05) is 25.5 Å². The van der Waals surface area contributed by atoms with Gasteiger partial charge in [0.15, 0.2) is 0 Å². The zero-order chi connectivity index (χ0) is 21.2. The SMILES string of the molecule is CCCCN1C(=O)CC(C(=O)NCCNC(=O)OCC)C1c1ccc(OC)cc1. The van der Waals surface area contributed by atoms with Gasteiger partial charge in [-0.3, -0.25) is 9.59 Å². The summed E-state index contributed by atoms with van der Waals surface area (Å²) in [5, 5.41) is 5.39. The molecule has 0 bridgehead atoms. The van der Waals surface area contributed by atoms with Crippen molar-refractivity contribution in [2.45, 2.75) is 39.2 Å². The third-order valence-corrected chi connectivity index (χ3v) is 4.95. The fraction of sp³-hybridized carbons (Fsp3) is 0.571. The van der Waals surface area contributed by atoms with Crippen molar-refractivity contribution in [1.82, 2.24) is 15.5 Å². The third kappa shape index (κ3) is 6.10. The zero-order valence-corrected chi connectivity index (χ0v) is 17.4. The average Bonchev–Trinajstić information content (AvgIpc) is 3.06. The summed E-state index contributed by atoms with van der Waals surface area (Å²) in [4.78, 5) is 38.6. The van der Waals surface area contributed by atoms with E-state index in [2.05, 4.69) is 17.6 Å². The molecule has 1 fully saturated rings. The summed E-state index contributed by atoms with van der Waals surface area (Å²) < 4.78 is 10.0. The van der Waals surface area contributed by atoms with E-state index >= 15 is 0 Å². The average molecular weight is 405 g/mol. The number of rotatable bonds is 10. The van der Waals surface area contributed by atoms with Crippen molar-refractivity contribution in [2.24, 2.45) is 5.92 Å². The number of nitrogens with one attached hydrogen (secondary N) is 2. The van der Waals surface area contributed by atoms with E-state index in [4.69, 9.17) is 9.47 Å². The van der Waals surface area contributed by atoms with Crippen LogP contribution >= 0.6 is 0 Å². The summed E-state index contributed by atoms with van der Waals surface area (Å²) in [6.07, 6.45) is 1.52. The molecule has 8 nitrogen and oxygen atoms in total. The van der Waals surface area contributed by atoms with E-state index in [1.165, 1.54) is 0 Å². The molecule has 2 N–H and O–H groups in total. The molecule has 160 valence electrons. The number of likely N-dealkylation sites (tertiary alicyclic amines) is 1. The molecule has 0 radical (unpaired) electrons. The van der Waals surface area contributed by atoms with Crippen LogP contribution in [-0.4, -0.2) is 56.2 Å². The molecule has 0 spiro atoms. The number of carbonyl (C=O) groups is 3. The second kappa shape index (κ2) is 11.3. The fourth-order valence-electron chi connectivity index (χ4n) is 3.49. The lowest BCUT2D eigenvalue weighted by atomic mass is 9.92. The highest BCUT2D eigenvalue weighted by Gasteiger charge is 2.43. The number of unbranched alkanes of at least 4 members (excludes halogenated alkanes) is 1. The maximum atomic E-state index is 12.8. The maximum absolute atomic E-state index is 12.8. The Morgan fingerprint density at radius 3 is 2.45 bits per heavy atom. The number of amides is 3. The molecule has 1 heterocycles. The van der Waals surface area contributed by atoms with Gasteiger partial charge >= 0.3 is 6.09 Å². The minimum atomic E-state index is -0.514. The topological polar surface area (TPSA) is 97.0 Å². The summed E-state index contributed by atoms with van der Waals surface area (Å²) in [6.45, 7) is 5.25. The molecule has 3 amide bonds. The van der Waals surface area contributed by atoms with Crippen molar-refractivity contribution in [3.8, 4) is 5.75 Å². The Balaban J connectivity index is 2.07.